The molecule has 0 saturated heterocycles. The van der Waals surface area contributed by atoms with E-state index in [9.17, 15) is 0 Å². The van der Waals surface area contributed by atoms with E-state index in [0.29, 0.717) is 11.3 Å². The van der Waals surface area contributed by atoms with Crippen molar-refractivity contribution in [2.75, 3.05) is 19.8 Å². The molecule has 0 aliphatic heterocycles. The van der Waals surface area contributed by atoms with Gasteiger partial charge in [0.2, 0.25) is 0 Å². The Morgan fingerprint density at radius 1 is 1.17 bits per heavy atom. The molecule has 1 fully saturated rings. The lowest BCUT2D eigenvalue weighted by Crippen LogP contribution is -2.44. The molecule has 108 valence electrons. The molecule has 0 spiro atoms. The quantitative estimate of drug-likeness (QED) is 0.665. The van der Waals surface area contributed by atoms with Crippen LogP contribution in [-0.2, 0) is 4.74 Å². The van der Waals surface area contributed by atoms with Gasteiger partial charge < -0.3 is 10.1 Å². The molecule has 2 heteroatoms. The highest BCUT2D eigenvalue weighted by Crippen LogP contribution is 2.47. The predicted octanol–water partition coefficient (Wildman–Crippen LogP) is 3.85. The Morgan fingerprint density at radius 2 is 1.78 bits per heavy atom. The Morgan fingerprint density at radius 3 is 2.22 bits per heavy atom. The summed E-state index contributed by atoms with van der Waals surface area (Å²) in [7, 11) is 0. The maximum atomic E-state index is 5.77. The number of rotatable bonds is 8. The highest BCUT2D eigenvalue weighted by Gasteiger charge is 2.41. The predicted molar refractivity (Wildman–Crippen MR) is 78.9 cm³/mol. The second-order valence-electron chi connectivity index (χ2n) is 7.75. The molecule has 1 atom stereocenters. The summed E-state index contributed by atoms with van der Waals surface area (Å²) in [5, 5.41) is 3.68. The molecular formula is C16H33NO. The Bertz CT molecular complexity index is 240. The van der Waals surface area contributed by atoms with Gasteiger partial charge in [-0.15, -0.1) is 0 Å². The fraction of sp³-hybridized carbons (Fsp3) is 1.00. The van der Waals surface area contributed by atoms with Crippen LogP contribution in [0.25, 0.3) is 0 Å². The Kier molecular flexibility index (Phi) is 5.67. The van der Waals surface area contributed by atoms with Crippen LogP contribution in [0.4, 0.5) is 0 Å². The molecule has 1 unspecified atom stereocenters. The van der Waals surface area contributed by atoms with E-state index in [0.717, 1.165) is 25.7 Å². The summed E-state index contributed by atoms with van der Waals surface area (Å²) in [4.78, 5) is 0. The van der Waals surface area contributed by atoms with Gasteiger partial charge in [0.05, 0.1) is 0 Å². The summed E-state index contributed by atoms with van der Waals surface area (Å²) in [6, 6.07) is 0. The van der Waals surface area contributed by atoms with E-state index in [1.807, 2.05) is 0 Å². The normalized spacial score (nSPS) is 20.2. The summed E-state index contributed by atoms with van der Waals surface area (Å²) < 4.78 is 5.77. The van der Waals surface area contributed by atoms with Gasteiger partial charge in [-0.3, -0.25) is 0 Å². The van der Waals surface area contributed by atoms with Gasteiger partial charge in [0.1, 0.15) is 0 Å². The van der Waals surface area contributed by atoms with Crippen LogP contribution in [-0.4, -0.2) is 25.3 Å². The van der Waals surface area contributed by atoms with Gasteiger partial charge in [0, 0.05) is 25.3 Å². The molecule has 1 rings (SSSR count). The van der Waals surface area contributed by atoms with Gasteiger partial charge in [-0.25, -0.2) is 0 Å². The van der Waals surface area contributed by atoms with Crippen LogP contribution in [0, 0.1) is 17.3 Å². The second-order valence-corrected chi connectivity index (χ2v) is 7.75. The van der Waals surface area contributed by atoms with Crippen molar-refractivity contribution in [2.24, 2.45) is 17.3 Å². The average Bonchev–Trinajstić information content (AvgIpc) is 3.04. The first-order valence-corrected chi connectivity index (χ1v) is 7.56. The second kappa shape index (κ2) is 6.38. The van der Waals surface area contributed by atoms with E-state index in [2.05, 4.69) is 46.9 Å². The van der Waals surface area contributed by atoms with Crippen molar-refractivity contribution in [3.8, 4) is 0 Å². The fourth-order valence-corrected chi connectivity index (χ4v) is 2.31. The van der Waals surface area contributed by atoms with Crippen molar-refractivity contribution in [2.45, 2.75) is 66.3 Å². The van der Waals surface area contributed by atoms with Crippen molar-refractivity contribution >= 4 is 0 Å². The summed E-state index contributed by atoms with van der Waals surface area (Å²) in [6.07, 6.45) is 4.01. The molecular weight excluding hydrogens is 222 g/mol. The third-order valence-corrected chi connectivity index (χ3v) is 3.85. The highest BCUT2D eigenvalue weighted by atomic mass is 16.5. The van der Waals surface area contributed by atoms with Crippen molar-refractivity contribution in [1.29, 1.82) is 0 Å². The van der Waals surface area contributed by atoms with Crippen LogP contribution in [0.1, 0.15) is 60.8 Å². The minimum atomic E-state index is 0.217. The summed E-state index contributed by atoms with van der Waals surface area (Å²) in [6.45, 7) is 16.5. The zero-order valence-corrected chi connectivity index (χ0v) is 13.3. The SMILES string of the molecule is CC(C)COCCC(C)(CNC(C)(C)C)C1CC1. The summed E-state index contributed by atoms with van der Waals surface area (Å²) in [5.74, 6) is 1.56. The summed E-state index contributed by atoms with van der Waals surface area (Å²) in [5.41, 5.74) is 0.638. The van der Waals surface area contributed by atoms with Gasteiger partial charge in [-0.2, -0.15) is 0 Å². The topological polar surface area (TPSA) is 21.3 Å². The molecule has 2 nitrogen and oxygen atoms in total. The van der Waals surface area contributed by atoms with E-state index >= 15 is 0 Å². The van der Waals surface area contributed by atoms with Crippen LogP contribution >= 0.6 is 0 Å². The van der Waals surface area contributed by atoms with Crippen molar-refractivity contribution in [3.05, 3.63) is 0 Å². The minimum Gasteiger partial charge on any atom is -0.381 e. The van der Waals surface area contributed by atoms with Gasteiger partial charge in [0.25, 0.3) is 0 Å². The van der Waals surface area contributed by atoms with Crippen LogP contribution in [0.2, 0.25) is 0 Å². The molecule has 0 amide bonds. The minimum absolute atomic E-state index is 0.217. The number of ether oxygens (including phenoxy) is 1. The first kappa shape index (κ1) is 16.0. The molecule has 1 aliphatic carbocycles. The number of hydrogen-bond acceptors (Lipinski definition) is 2. The zero-order chi connectivity index (χ0) is 13.8. The van der Waals surface area contributed by atoms with Crippen LogP contribution < -0.4 is 5.32 Å². The van der Waals surface area contributed by atoms with E-state index in [1.54, 1.807) is 0 Å². The van der Waals surface area contributed by atoms with Crippen LogP contribution in [0.3, 0.4) is 0 Å². The zero-order valence-electron chi connectivity index (χ0n) is 13.3. The number of hydrogen-bond donors (Lipinski definition) is 1. The maximum Gasteiger partial charge on any atom is 0.0488 e. The smallest absolute Gasteiger partial charge is 0.0488 e. The molecule has 0 heterocycles. The van der Waals surface area contributed by atoms with E-state index < -0.39 is 0 Å². The van der Waals surface area contributed by atoms with Crippen molar-refractivity contribution < 1.29 is 4.74 Å². The van der Waals surface area contributed by atoms with Crippen molar-refractivity contribution in [1.82, 2.24) is 5.32 Å². The summed E-state index contributed by atoms with van der Waals surface area (Å²) >= 11 is 0. The Hall–Kier alpha value is -0.0800. The molecule has 0 aromatic rings. The molecule has 1 saturated carbocycles. The van der Waals surface area contributed by atoms with E-state index in [4.69, 9.17) is 4.74 Å². The van der Waals surface area contributed by atoms with Crippen LogP contribution in [0.5, 0.6) is 0 Å². The van der Waals surface area contributed by atoms with Gasteiger partial charge in [-0.05, 0) is 57.3 Å². The number of nitrogens with one attached hydrogen (secondary N) is 1. The fourth-order valence-electron chi connectivity index (χ4n) is 2.31. The Labute approximate surface area is 114 Å². The highest BCUT2D eigenvalue weighted by molar-refractivity contribution is 4.93. The molecule has 0 radical (unpaired) electrons. The molecule has 1 aliphatic rings. The monoisotopic (exact) mass is 255 g/mol. The largest absolute Gasteiger partial charge is 0.381 e. The standard InChI is InChI=1S/C16H33NO/c1-13(2)11-18-10-9-16(6,14-7-8-14)12-17-15(3,4)5/h13-14,17H,7-12H2,1-6H3. The first-order valence-electron chi connectivity index (χ1n) is 7.56. The molecule has 1 N–H and O–H groups in total. The average molecular weight is 255 g/mol. The van der Waals surface area contributed by atoms with Gasteiger partial charge in [0.15, 0.2) is 0 Å². The lowest BCUT2D eigenvalue weighted by atomic mass is 9.81. The van der Waals surface area contributed by atoms with E-state index in [1.165, 1.54) is 19.3 Å². The van der Waals surface area contributed by atoms with Crippen LogP contribution in [0.15, 0.2) is 0 Å². The molecule has 0 aromatic carbocycles. The van der Waals surface area contributed by atoms with Crippen molar-refractivity contribution in [3.63, 3.8) is 0 Å². The molecule has 0 bridgehead atoms. The third kappa shape index (κ3) is 6.19. The van der Waals surface area contributed by atoms with Gasteiger partial charge in [-0.1, -0.05) is 20.8 Å². The third-order valence-electron chi connectivity index (χ3n) is 3.85. The van der Waals surface area contributed by atoms with E-state index in [-0.39, 0.29) is 5.54 Å². The first-order chi connectivity index (χ1) is 8.23. The lowest BCUT2D eigenvalue weighted by Gasteiger charge is -2.34. The Balaban J connectivity index is 2.33. The lowest BCUT2D eigenvalue weighted by molar-refractivity contribution is 0.0713. The molecule has 0 aromatic heterocycles. The maximum absolute atomic E-state index is 5.77. The molecule has 18 heavy (non-hydrogen) atoms. The van der Waals surface area contributed by atoms with Gasteiger partial charge >= 0.3 is 0 Å².